The van der Waals surface area contributed by atoms with Crippen molar-refractivity contribution in [3.8, 4) is 17.2 Å². The van der Waals surface area contributed by atoms with Crippen LogP contribution in [0.25, 0.3) is 5.69 Å². The summed E-state index contributed by atoms with van der Waals surface area (Å²) in [5, 5.41) is 25.8. The van der Waals surface area contributed by atoms with E-state index >= 15 is 0 Å². The van der Waals surface area contributed by atoms with Gasteiger partial charge in [-0.2, -0.15) is 0 Å². The Morgan fingerprint density at radius 2 is 2.00 bits per heavy atom. The Labute approximate surface area is 165 Å². The Bertz CT molecular complexity index is 1130. The van der Waals surface area contributed by atoms with E-state index < -0.39 is 10.7 Å². The predicted octanol–water partition coefficient (Wildman–Crippen LogP) is 2.04. The van der Waals surface area contributed by atoms with Crippen molar-refractivity contribution in [2.24, 2.45) is 4.99 Å². The van der Waals surface area contributed by atoms with Gasteiger partial charge >= 0.3 is 5.82 Å². The van der Waals surface area contributed by atoms with Crippen LogP contribution in [0, 0.1) is 17.0 Å². The van der Waals surface area contributed by atoms with Crippen molar-refractivity contribution in [2.45, 2.75) is 13.3 Å². The van der Waals surface area contributed by atoms with E-state index in [1.54, 1.807) is 18.2 Å². The van der Waals surface area contributed by atoms with Gasteiger partial charge < -0.3 is 24.8 Å². The Balaban J connectivity index is 1.68. The zero-order chi connectivity index (χ0) is 20.4. The molecule has 1 aliphatic rings. The van der Waals surface area contributed by atoms with Gasteiger partial charge in [0.25, 0.3) is 5.49 Å². The summed E-state index contributed by atoms with van der Waals surface area (Å²) in [5.74, 6) is 0.505. The summed E-state index contributed by atoms with van der Waals surface area (Å²) in [6.07, 6.45) is 0.577. The van der Waals surface area contributed by atoms with Crippen molar-refractivity contribution in [2.75, 3.05) is 19.8 Å². The molecule has 0 radical (unpaired) electrons. The number of fused-ring (bicyclic) bond motifs is 1. The molecule has 0 spiro atoms. The van der Waals surface area contributed by atoms with Crippen LogP contribution in [0.5, 0.6) is 11.5 Å². The Kier molecular flexibility index (Phi) is 4.90. The summed E-state index contributed by atoms with van der Waals surface area (Å²) in [7, 11) is 0. The number of hydrogen-bond donors (Lipinski definition) is 1. The molecular formula is C19H19N5O5. The zero-order valence-electron chi connectivity index (χ0n) is 15.7. The van der Waals surface area contributed by atoms with Gasteiger partial charge in [0.05, 0.1) is 5.10 Å². The van der Waals surface area contributed by atoms with Gasteiger partial charge in [-0.15, -0.1) is 0 Å². The van der Waals surface area contributed by atoms with Gasteiger partial charge in [-0.1, -0.05) is 34.7 Å². The van der Waals surface area contributed by atoms with Crippen LogP contribution in [0.2, 0.25) is 0 Å². The third-order valence-corrected chi connectivity index (χ3v) is 4.43. The van der Waals surface area contributed by atoms with Gasteiger partial charge in [-0.05, 0) is 40.8 Å². The topological polar surface area (TPSA) is 117 Å². The molecule has 2 aromatic carbocycles. The standard InChI is InChI=1S/C19H19N5O5/c1-13-3-2-4-14(11-13)7-8-20-18-19(24(26)27)21-22(23(18)25)15-5-6-16-17(12-15)29-10-9-28-16/h2-6,11-12,25H,7-10H2,1H3. The fraction of sp³-hybridized carbons (Fsp3) is 0.263. The first kappa shape index (κ1) is 18.5. The van der Waals surface area contributed by atoms with Crippen LogP contribution in [0.3, 0.4) is 0 Å². The second-order valence-electron chi connectivity index (χ2n) is 6.53. The molecule has 0 unspecified atom stereocenters. The van der Waals surface area contributed by atoms with Gasteiger partial charge in [0.15, 0.2) is 11.5 Å². The molecule has 0 fully saturated rings. The second-order valence-corrected chi connectivity index (χ2v) is 6.53. The number of nitrogens with zero attached hydrogens (tertiary/aromatic N) is 5. The number of nitro groups is 1. The van der Waals surface area contributed by atoms with Crippen LogP contribution < -0.4 is 15.0 Å². The summed E-state index contributed by atoms with van der Waals surface area (Å²) in [6.45, 7) is 3.10. The molecule has 1 aliphatic heterocycles. The Morgan fingerprint density at radius 3 is 2.76 bits per heavy atom. The molecule has 1 aromatic heterocycles. The third kappa shape index (κ3) is 3.77. The summed E-state index contributed by atoms with van der Waals surface area (Å²) in [5.41, 5.74) is 2.33. The van der Waals surface area contributed by atoms with Crippen molar-refractivity contribution in [3.05, 3.63) is 69.2 Å². The SMILES string of the molecule is Cc1cccc(CCN=c2c([N+](=O)[O-])nn(-c3ccc4c(c3)OCCO4)n2O)c1. The number of hydrogen-bond acceptors (Lipinski definition) is 7. The first-order valence-corrected chi connectivity index (χ1v) is 9.05. The highest BCUT2D eigenvalue weighted by molar-refractivity contribution is 5.49. The monoisotopic (exact) mass is 397 g/mol. The highest BCUT2D eigenvalue weighted by Gasteiger charge is 2.25. The average molecular weight is 397 g/mol. The molecule has 0 saturated heterocycles. The highest BCUT2D eigenvalue weighted by Crippen LogP contribution is 2.31. The molecule has 0 atom stereocenters. The van der Waals surface area contributed by atoms with Crippen LogP contribution in [0.1, 0.15) is 11.1 Å². The zero-order valence-corrected chi connectivity index (χ0v) is 15.7. The molecule has 0 saturated carbocycles. The van der Waals surface area contributed by atoms with Crippen LogP contribution in [-0.2, 0) is 6.42 Å². The number of benzene rings is 2. The summed E-state index contributed by atoms with van der Waals surface area (Å²) < 4.78 is 11.0. The lowest BCUT2D eigenvalue weighted by Crippen LogP contribution is -2.23. The normalized spacial score (nSPS) is 13.5. The Morgan fingerprint density at radius 1 is 1.21 bits per heavy atom. The third-order valence-electron chi connectivity index (χ3n) is 4.43. The summed E-state index contributed by atoms with van der Waals surface area (Å²) >= 11 is 0. The lowest BCUT2D eigenvalue weighted by Gasteiger charge is -2.18. The van der Waals surface area contributed by atoms with Gasteiger partial charge in [0, 0.05) is 12.6 Å². The summed E-state index contributed by atoms with van der Waals surface area (Å²) in [4.78, 5) is 16.5. The molecule has 0 amide bonds. The predicted molar refractivity (Wildman–Crippen MR) is 102 cm³/mol. The fourth-order valence-electron chi connectivity index (χ4n) is 3.09. The van der Waals surface area contributed by atoms with E-state index in [2.05, 4.69) is 10.1 Å². The lowest BCUT2D eigenvalue weighted by molar-refractivity contribution is -0.391. The van der Waals surface area contributed by atoms with E-state index in [-0.39, 0.29) is 12.0 Å². The van der Waals surface area contributed by atoms with E-state index in [1.165, 1.54) is 0 Å². The van der Waals surface area contributed by atoms with Crippen LogP contribution in [-0.4, -0.2) is 44.6 Å². The molecule has 4 rings (SSSR count). The van der Waals surface area contributed by atoms with Crippen LogP contribution in [0.15, 0.2) is 47.5 Å². The quantitative estimate of drug-likeness (QED) is 0.400. The maximum atomic E-state index is 11.4. The van der Waals surface area contributed by atoms with Gasteiger partial charge in [-0.25, -0.2) is 0 Å². The molecule has 0 aliphatic carbocycles. The van der Waals surface area contributed by atoms with Gasteiger partial charge in [0.1, 0.15) is 18.9 Å². The first-order valence-electron chi connectivity index (χ1n) is 9.05. The maximum Gasteiger partial charge on any atom is 0.438 e. The van der Waals surface area contributed by atoms with E-state index in [9.17, 15) is 15.3 Å². The molecule has 3 aromatic rings. The molecule has 2 heterocycles. The number of rotatable bonds is 5. The minimum Gasteiger partial charge on any atom is -0.486 e. The molecule has 150 valence electrons. The van der Waals surface area contributed by atoms with E-state index in [0.29, 0.717) is 41.7 Å². The summed E-state index contributed by atoms with van der Waals surface area (Å²) in [6, 6.07) is 12.8. The molecule has 10 heteroatoms. The molecule has 10 nitrogen and oxygen atoms in total. The first-order chi connectivity index (χ1) is 14.0. The minimum absolute atomic E-state index is 0.224. The van der Waals surface area contributed by atoms with Crippen molar-refractivity contribution >= 4 is 5.82 Å². The fourth-order valence-corrected chi connectivity index (χ4v) is 3.09. The Hall–Kier alpha value is -3.82. The molecule has 0 bridgehead atoms. The molecular weight excluding hydrogens is 378 g/mol. The van der Waals surface area contributed by atoms with Crippen LogP contribution >= 0.6 is 0 Å². The average Bonchev–Trinajstić information content (AvgIpc) is 3.04. The van der Waals surface area contributed by atoms with E-state index in [1.807, 2.05) is 31.2 Å². The molecule has 29 heavy (non-hydrogen) atoms. The van der Waals surface area contributed by atoms with Gasteiger partial charge in [-0.3, -0.25) is 4.99 Å². The van der Waals surface area contributed by atoms with Crippen molar-refractivity contribution in [3.63, 3.8) is 0 Å². The van der Waals surface area contributed by atoms with Crippen molar-refractivity contribution < 1.29 is 19.6 Å². The highest BCUT2D eigenvalue weighted by atomic mass is 16.6. The minimum atomic E-state index is -0.674. The second kappa shape index (κ2) is 7.66. The lowest BCUT2D eigenvalue weighted by atomic mass is 10.1. The number of ether oxygens (including phenoxy) is 2. The number of aryl methyl sites for hydroxylation is 1. The maximum absolute atomic E-state index is 11.4. The van der Waals surface area contributed by atoms with E-state index in [4.69, 9.17) is 9.47 Å². The van der Waals surface area contributed by atoms with Crippen molar-refractivity contribution in [1.82, 2.24) is 14.7 Å². The number of aromatic nitrogens is 3. The van der Waals surface area contributed by atoms with E-state index in [0.717, 1.165) is 15.9 Å². The largest absolute Gasteiger partial charge is 0.486 e. The smallest absolute Gasteiger partial charge is 0.438 e. The van der Waals surface area contributed by atoms with Crippen LogP contribution in [0.4, 0.5) is 5.82 Å². The molecule has 1 N–H and O–H groups in total. The van der Waals surface area contributed by atoms with Gasteiger partial charge in [0.2, 0.25) is 0 Å². The van der Waals surface area contributed by atoms with Crippen molar-refractivity contribution in [1.29, 1.82) is 0 Å².